The summed E-state index contributed by atoms with van der Waals surface area (Å²) in [6, 6.07) is 22.1. The topological polar surface area (TPSA) is 64.0 Å². The van der Waals surface area contributed by atoms with Gasteiger partial charge >= 0.3 is 0 Å². The average molecular weight is 464 g/mol. The lowest BCUT2D eigenvalue weighted by Crippen LogP contribution is -2.24. The van der Waals surface area contributed by atoms with E-state index in [1.165, 1.54) is 11.8 Å². The third-order valence-corrected chi connectivity index (χ3v) is 6.16. The molecule has 0 aliphatic carbocycles. The van der Waals surface area contributed by atoms with Crippen LogP contribution in [0.2, 0.25) is 5.02 Å². The van der Waals surface area contributed by atoms with Gasteiger partial charge < -0.3 is 5.32 Å². The summed E-state index contributed by atoms with van der Waals surface area (Å²) in [7, 11) is 0. The zero-order valence-corrected chi connectivity index (χ0v) is 19.3. The fraction of sp³-hybridized carbons (Fsp3) is 0.160. The summed E-state index contributed by atoms with van der Waals surface area (Å²) in [5.41, 5.74) is 2.90. The van der Waals surface area contributed by atoms with Crippen LogP contribution >= 0.6 is 23.4 Å². The number of benzene rings is 3. The fourth-order valence-electron chi connectivity index (χ4n) is 3.49. The fourth-order valence-corrected chi connectivity index (χ4v) is 4.49. The van der Waals surface area contributed by atoms with Crippen LogP contribution in [0.5, 0.6) is 0 Å². The van der Waals surface area contributed by atoms with Gasteiger partial charge in [0.2, 0.25) is 5.91 Å². The molecular weight excluding hydrogens is 442 g/mol. The van der Waals surface area contributed by atoms with E-state index in [0.29, 0.717) is 26.8 Å². The van der Waals surface area contributed by atoms with Crippen LogP contribution in [0.25, 0.3) is 16.6 Å². The summed E-state index contributed by atoms with van der Waals surface area (Å²) < 4.78 is 1.62. The SMILES string of the molecule is CC(C)c1ccccc1-n1c(SCC(=O)Nc2cccc(Cl)c2)nc2ccccc2c1=O. The Morgan fingerprint density at radius 3 is 2.59 bits per heavy atom. The lowest BCUT2D eigenvalue weighted by atomic mass is 10.0. The van der Waals surface area contributed by atoms with Gasteiger partial charge in [0.1, 0.15) is 0 Å². The van der Waals surface area contributed by atoms with Gasteiger partial charge in [-0.25, -0.2) is 4.98 Å². The molecule has 162 valence electrons. The Labute approximate surface area is 195 Å². The molecule has 0 unspecified atom stereocenters. The van der Waals surface area contributed by atoms with Gasteiger partial charge in [-0.15, -0.1) is 0 Å². The first-order chi connectivity index (χ1) is 15.4. The van der Waals surface area contributed by atoms with E-state index in [-0.39, 0.29) is 23.1 Å². The van der Waals surface area contributed by atoms with E-state index in [1.807, 2.05) is 42.5 Å². The number of hydrogen-bond acceptors (Lipinski definition) is 4. The summed E-state index contributed by atoms with van der Waals surface area (Å²) in [5.74, 6) is 0.109. The molecule has 0 aliphatic heterocycles. The van der Waals surface area contributed by atoms with Crippen LogP contribution in [0.15, 0.2) is 82.7 Å². The number of carbonyl (C=O) groups excluding carboxylic acids is 1. The van der Waals surface area contributed by atoms with Crippen molar-refractivity contribution >= 4 is 45.9 Å². The first-order valence-electron chi connectivity index (χ1n) is 10.2. The summed E-state index contributed by atoms with van der Waals surface area (Å²) in [6.45, 7) is 4.17. The molecule has 4 aromatic rings. The minimum atomic E-state index is -0.205. The number of thioether (sulfide) groups is 1. The van der Waals surface area contributed by atoms with Crippen LogP contribution in [0.3, 0.4) is 0 Å². The number of anilines is 1. The molecule has 1 heterocycles. The number of fused-ring (bicyclic) bond motifs is 1. The van der Waals surface area contributed by atoms with Crippen LogP contribution in [0.4, 0.5) is 5.69 Å². The maximum Gasteiger partial charge on any atom is 0.266 e. The van der Waals surface area contributed by atoms with Crippen molar-refractivity contribution in [1.29, 1.82) is 0 Å². The zero-order chi connectivity index (χ0) is 22.7. The zero-order valence-electron chi connectivity index (χ0n) is 17.7. The Morgan fingerprint density at radius 1 is 1.06 bits per heavy atom. The molecule has 5 nitrogen and oxygen atoms in total. The molecule has 0 aliphatic rings. The monoisotopic (exact) mass is 463 g/mol. The normalized spacial score (nSPS) is 11.1. The number of rotatable bonds is 6. The summed E-state index contributed by atoms with van der Waals surface area (Å²) in [6.07, 6.45) is 0. The Bertz CT molecular complexity index is 1350. The molecule has 3 aromatic carbocycles. The van der Waals surface area contributed by atoms with Gasteiger partial charge in [-0.1, -0.05) is 73.6 Å². The molecule has 1 aromatic heterocycles. The minimum absolute atomic E-state index is 0.0984. The number of nitrogens with one attached hydrogen (secondary N) is 1. The van der Waals surface area contributed by atoms with Gasteiger partial charge in [0, 0.05) is 10.7 Å². The van der Waals surface area contributed by atoms with Crippen LogP contribution < -0.4 is 10.9 Å². The van der Waals surface area contributed by atoms with Crippen LogP contribution in [0, 0.1) is 0 Å². The molecule has 32 heavy (non-hydrogen) atoms. The number of amides is 1. The van der Waals surface area contributed by atoms with Gasteiger partial charge in [0.25, 0.3) is 5.56 Å². The molecule has 1 N–H and O–H groups in total. The molecule has 0 atom stereocenters. The first kappa shape index (κ1) is 22.1. The van der Waals surface area contributed by atoms with Crippen molar-refractivity contribution in [3.05, 3.63) is 93.7 Å². The number of para-hydroxylation sites is 2. The van der Waals surface area contributed by atoms with Crippen molar-refractivity contribution in [2.45, 2.75) is 24.9 Å². The van der Waals surface area contributed by atoms with Gasteiger partial charge in [0.15, 0.2) is 5.16 Å². The Kier molecular flexibility index (Phi) is 6.63. The van der Waals surface area contributed by atoms with Crippen molar-refractivity contribution in [1.82, 2.24) is 9.55 Å². The third kappa shape index (κ3) is 4.71. The molecule has 0 radical (unpaired) electrons. The van der Waals surface area contributed by atoms with Crippen LogP contribution in [-0.4, -0.2) is 21.2 Å². The summed E-state index contributed by atoms with van der Waals surface area (Å²) in [4.78, 5) is 30.8. The lowest BCUT2D eigenvalue weighted by molar-refractivity contribution is -0.113. The van der Waals surface area contributed by atoms with E-state index in [1.54, 1.807) is 34.9 Å². The van der Waals surface area contributed by atoms with E-state index in [4.69, 9.17) is 16.6 Å². The first-order valence-corrected chi connectivity index (χ1v) is 11.6. The largest absolute Gasteiger partial charge is 0.325 e. The van der Waals surface area contributed by atoms with E-state index >= 15 is 0 Å². The number of halogens is 1. The molecule has 0 saturated carbocycles. The van der Waals surface area contributed by atoms with E-state index in [9.17, 15) is 9.59 Å². The number of carbonyl (C=O) groups is 1. The molecule has 7 heteroatoms. The minimum Gasteiger partial charge on any atom is -0.325 e. The van der Waals surface area contributed by atoms with Gasteiger partial charge in [-0.05, 0) is 47.9 Å². The number of aromatic nitrogens is 2. The molecule has 1 amide bonds. The molecular formula is C25H22ClN3O2S. The summed E-state index contributed by atoms with van der Waals surface area (Å²) >= 11 is 7.23. The highest BCUT2D eigenvalue weighted by atomic mass is 35.5. The van der Waals surface area contributed by atoms with E-state index in [2.05, 4.69) is 19.2 Å². The van der Waals surface area contributed by atoms with Crippen molar-refractivity contribution in [2.24, 2.45) is 0 Å². The highest BCUT2D eigenvalue weighted by Crippen LogP contribution is 2.27. The van der Waals surface area contributed by atoms with Gasteiger partial charge in [-0.2, -0.15) is 0 Å². The van der Waals surface area contributed by atoms with Crippen LogP contribution in [-0.2, 0) is 4.79 Å². The third-order valence-electron chi connectivity index (χ3n) is 4.99. The number of hydrogen-bond donors (Lipinski definition) is 1. The van der Waals surface area contributed by atoms with Crippen molar-refractivity contribution < 1.29 is 4.79 Å². The highest BCUT2D eigenvalue weighted by molar-refractivity contribution is 7.99. The van der Waals surface area contributed by atoms with Crippen molar-refractivity contribution in [3.63, 3.8) is 0 Å². The van der Waals surface area contributed by atoms with E-state index in [0.717, 1.165) is 11.3 Å². The Morgan fingerprint density at radius 2 is 1.81 bits per heavy atom. The maximum atomic E-state index is 13.5. The molecule has 0 spiro atoms. The quantitative estimate of drug-likeness (QED) is 0.286. The lowest BCUT2D eigenvalue weighted by Gasteiger charge is -2.18. The predicted octanol–water partition coefficient (Wildman–Crippen LogP) is 5.89. The maximum absolute atomic E-state index is 13.5. The summed E-state index contributed by atoms with van der Waals surface area (Å²) in [5, 5.41) is 4.40. The van der Waals surface area contributed by atoms with Gasteiger partial charge in [0.05, 0.1) is 22.3 Å². The molecule has 4 rings (SSSR count). The van der Waals surface area contributed by atoms with Crippen molar-refractivity contribution in [3.8, 4) is 5.69 Å². The second-order valence-electron chi connectivity index (χ2n) is 7.61. The highest BCUT2D eigenvalue weighted by Gasteiger charge is 2.18. The smallest absolute Gasteiger partial charge is 0.266 e. The second-order valence-corrected chi connectivity index (χ2v) is 8.99. The van der Waals surface area contributed by atoms with Gasteiger partial charge in [-0.3, -0.25) is 14.2 Å². The molecule has 0 bridgehead atoms. The molecule has 0 saturated heterocycles. The Hall–Kier alpha value is -3.09. The van der Waals surface area contributed by atoms with Crippen molar-refractivity contribution in [2.75, 3.05) is 11.1 Å². The molecule has 0 fully saturated rings. The van der Waals surface area contributed by atoms with Crippen LogP contribution in [0.1, 0.15) is 25.3 Å². The predicted molar refractivity (Wildman–Crippen MR) is 132 cm³/mol. The number of nitrogens with zero attached hydrogens (tertiary/aromatic N) is 2. The van der Waals surface area contributed by atoms with E-state index < -0.39 is 0 Å². The Balaban J connectivity index is 1.73. The standard InChI is InChI=1S/C25H22ClN3O2S/c1-16(2)19-10-4-6-13-22(19)29-24(31)20-11-3-5-12-21(20)28-25(29)32-15-23(30)27-18-9-7-8-17(26)14-18/h3-14,16H,15H2,1-2H3,(H,27,30). The average Bonchev–Trinajstić information content (AvgIpc) is 2.78. The second kappa shape index (κ2) is 9.59.